The van der Waals surface area contributed by atoms with Crippen molar-refractivity contribution in [2.45, 2.75) is 39.3 Å². The van der Waals surface area contributed by atoms with Gasteiger partial charge < -0.3 is 9.30 Å². The lowest BCUT2D eigenvalue weighted by Crippen LogP contribution is -2.16. The van der Waals surface area contributed by atoms with Crippen LogP contribution in [0.25, 0.3) is 11.0 Å². The van der Waals surface area contributed by atoms with Crippen LogP contribution in [0.4, 0.5) is 0 Å². The van der Waals surface area contributed by atoms with Crippen molar-refractivity contribution in [3.8, 4) is 0 Å². The Kier molecular flexibility index (Phi) is 4.32. The van der Waals surface area contributed by atoms with Crippen molar-refractivity contribution >= 4 is 16.8 Å². The molecule has 0 aliphatic heterocycles. The van der Waals surface area contributed by atoms with Gasteiger partial charge in [-0.25, -0.2) is 4.98 Å². The molecule has 1 unspecified atom stereocenters. The van der Waals surface area contributed by atoms with Crippen molar-refractivity contribution in [1.29, 1.82) is 0 Å². The maximum absolute atomic E-state index is 12.0. The van der Waals surface area contributed by atoms with Gasteiger partial charge in [-0.15, -0.1) is 0 Å². The number of methoxy groups -OCH3 is 1. The zero-order valence-corrected chi connectivity index (χ0v) is 11.7. The normalized spacial score (nSPS) is 12.8. The minimum atomic E-state index is -0.0352. The van der Waals surface area contributed by atoms with Crippen LogP contribution in [-0.4, -0.2) is 28.5 Å². The van der Waals surface area contributed by atoms with Crippen LogP contribution in [0, 0.1) is 0 Å². The van der Waals surface area contributed by atoms with Crippen LogP contribution >= 0.6 is 0 Å². The number of para-hydroxylation sites is 2. The number of ketones is 1. The lowest BCUT2D eigenvalue weighted by molar-refractivity contribution is -0.120. The third-order valence-electron chi connectivity index (χ3n) is 3.32. The molecule has 4 heteroatoms. The Hall–Kier alpha value is -1.68. The molecule has 19 heavy (non-hydrogen) atoms. The van der Waals surface area contributed by atoms with E-state index >= 15 is 0 Å². The molecule has 0 aliphatic rings. The number of Topliss-reactive ketones (excluding diaryl/α,β-unsaturated/α-hetero) is 1. The molecule has 0 N–H and O–H groups in total. The summed E-state index contributed by atoms with van der Waals surface area (Å²) in [5.41, 5.74) is 2.04. The van der Waals surface area contributed by atoms with E-state index in [1.807, 2.05) is 31.2 Å². The monoisotopic (exact) mass is 260 g/mol. The van der Waals surface area contributed by atoms with Crippen molar-refractivity contribution < 1.29 is 9.53 Å². The van der Waals surface area contributed by atoms with Crippen LogP contribution in [0.3, 0.4) is 0 Å². The summed E-state index contributed by atoms with van der Waals surface area (Å²) in [6.45, 7) is 4.80. The van der Waals surface area contributed by atoms with Gasteiger partial charge in [-0.1, -0.05) is 12.1 Å². The van der Waals surface area contributed by atoms with E-state index in [9.17, 15) is 4.79 Å². The molecule has 0 amide bonds. The molecule has 0 spiro atoms. The Bertz CT molecular complexity index is 575. The first-order chi connectivity index (χ1) is 9.15. The van der Waals surface area contributed by atoms with E-state index in [0.717, 1.165) is 23.4 Å². The SMILES string of the molecule is CCn1c(CC(=O)CC(C)OC)nc2ccccc21. The molecule has 2 aromatic rings. The summed E-state index contributed by atoms with van der Waals surface area (Å²) in [5, 5.41) is 0. The highest BCUT2D eigenvalue weighted by Gasteiger charge is 2.14. The Morgan fingerprint density at radius 3 is 2.84 bits per heavy atom. The Labute approximate surface area is 113 Å². The van der Waals surface area contributed by atoms with Crippen molar-refractivity contribution in [2.75, 3.05) is 7.11 Å². The molecule has 1 heterocycles. The van der Waals surface area contributed by atoms with Gasteiger partial charge in [0.25, 0.3) is 0 Å². The average Bonchev–Trinajstić information content (AvgIpc) is 2.75. The third-order valence-corrected chi connectivity index (χ3v) is 3.32. The van der Waals surface area contributed by atoms with Crippen molar-refractivity contribution in [3.05, 3.63) is 30.1 Å². The van der Waals surface area contributed by atoms with Gasteiger partial charge >= 0.3 is 0 Å². The first-order valence-corrected chi connectivity index (χ1v) is 6.64. The van der Waals surface area contributed by atoms with Crippen LogP contribution in [-0.2, 0) is 22.5 Å². The lowest BCUT2D eigenvalue weighted by atomic mass is 10.1. The predicted octanol–water partition coefficient (Wildman–Crippen LogP) is 2.59. The van der Waals surface area contributed by atoms with Gasteiger partial charge in [0.1, 0.15) is 11.6 Å². The summed E-state index contributed by atoms with van der Waals surface area (Å²) in [6, 6.07) is 7.98. The minimum absolute atomic E-state index is 0.0352. The summed E-state index contributed by atoms with van der Waals surface area (Å²) in [7, 11) is 1.62. The number of aromatic nitrogens is 2. The quantitative estimate of drug-likeness (QED) is 0.802. The Morgan fingerprint density at radius 2 is 2.16 bits per heavy atom. The lowest BCUT2D eigenvalue weighted by Gasteiger charge is -2.09. The Balaban J connectivity index is 2.22. The van der Waals surface area contributed by atoms with E-state index in [0.29, 0.717) is 12.8 Å². The van der Waals surface area contributed by atoms with E-state index in [1.165, 1.54) is 0 Å². The average molecular weight is 260 g/mol. The molecule has 0 radical (unpaired) electrons. The smallest absolute Gasteiger partial charge is 0.142 e. The summed E-state index contributed by atoms with van der Waals surface area (Å²) >= 11 is 0. The van der Waals surface area contributed by atoms with Crippen molar-refractivity contribution in [3.63, 3.8) is 0 Å². The molecule has 0 saturated carbocycles. The fraction of sp³-hybridized carbons (Fsp3) is 0.467. The molecule has 0 saturated heterocycles. The van der Waals surface area contributed by atoms with Crippen LogP contribution < -0.4 is 0 Å². The zero-order valence-electron chi connectivity index (χ0n) is 11.7. The van der Waals surface area contributed by atoms with Gasteiger partial charge in [-0.05, 0) is 26.0 Å². The number of hydrogen-bond acceptors (Lipinski definition) is 3. The van der Waals surface area contributed by atoms with Gasteiger partial charge in [-0.3, -0.25) is 4.79 Å². The number of carbonyl (C=O) groups is 1. The molecule has 1 aromatic carbocycles. The molecule has 0 bridgehead atoms. The van der Waals surface area contributed by atoms with E-state index in [2.05, 4.69) is 16.5 Å². The zero-order chi connectivity index (χ0) is 13.8. The molecular formula is C15H20N2O2. The summed E-state index contributed by atoms with van der Waals surface area (Å²) in [6.07, 6.45) is 0.770. The fourth-order valence-corrected chi connectivity index (χ4v) is 2.27. The van der Waals surface area contributed by atoms with E-state index in [4.69, 9.17) is 4.74 Å². The second-order valence-corrected chi connectivity index (χ2v) is 4.73. The minimum Gasteiger partial charge on any atom is -0.381 e. The number of ether oxygens (including phenoxy) is 1. The second-order valence-electron chi connectivity index (χ2n) is 4.73. The van der Waals surface area contributed by atoms with Crippen LogP contribution in [0.1, 0.15) is 26.1 Å². The molecule has 0 fully saturated rings. The molecule has 1 aromatic heterocycles. The van der Waals surface area contributed by atoms with Gasteiger partial charge in [0.2, 0.25) is 0 Å². The highest BCUT2D eigenvalue weighted by atomic mass is 16.5. The van der Waals surface area contributed by atoms with E-state index in [1.54, 1.807) is 7.11 Å². The van der Waals surface area contributed by atoms with E-state index < -0.39 is 0 Å². The van der Waals surface area contributed by atoms with Gasteiger partial charge in [0.15, 0.2) is 0 Å². The van der Waals surface area contributed by atoms with Crippen LogP contribution in [0.5, 0.6) is 0 Å². The largest absolute Gasteiger partial charge is 0.381 e. The number of aryl methyl sites for hydroxylation is 1. The maximum atomic E-state index is 12.0. The van der Waals surface area contributed by atoms with E-state index in [-0.39, 0.29) is 11.9 Å². The predicted molar refractivity (Wildman–Crippen MR) is 75.2 cm³/mol. The topological polar surface area (TPSA) is 44.1 Å². The van der Waals surface area contributed by atoms with Crippen molar-refractivity contribution in [1.82, 2.24) is 9.55 Å². The highest BCUT2D eigenvalue weighted by Crippen LogP contribution is 2.17. The fourth-order valence-electron chi connectivity index (χ4n) is 2.27. The number of nitrogens with zero attached hydrogens (tertiary/aromatic N) is 2. The third kappa shape index (κ3) is 3.01. The highest BCUT2D eigenvalue weighted by molar-refractivity contribution is 5.82. The Morgan fingerprint density at radius 1 is 1.42 bits per heavy atom. The van der Waals surface area contributed by atoms with Gasteiger partial charge in [0.05, 0.1) is 23.6 Å². The first-order valence-electron chi connectivity index (χ1n) is 6.64. The molecule has 0 aliphatic carbocycles. The van der Waals surface area contributed by atoms with Gasteiger partial charge in [-0.2, -0.15) is 0 Å². The number of carbonyl (C=O) groups excluding carboxylic acids is 1. The number of benzene rings is 1. The van der Waals surface area contributed by atoms with Crippen LogP contribution in [0.2, 0.25) is 0 Å². The number of imidazole rings is 1. The molecule has 2 rings (SSSR count). The van der Waals surface area contributed by atoms with Crippen LogP contribution in [0.15, 0.2) is 24.3 Å². The number of rotatable bonds is 6. The van der Waals surface area contributed by atoms with Gasteiger partial charge in [0, 0.05) is 20.1 Å². The van der Waals surface area contributed by atoms with Crippen molar-refractivity contribution in [2.24, 2.45) is 0 Å². The molecule has 1 atom stereocenters. The number of hydrogen-bond donors (Lipinski definition) is 0. The standard InChI is InChI=1S/C15H20N2O2/c1-4-17-14-8-6-5-7-13(14)16-15(17)10-12(18)9-11(2)19-3/h5-8,11H,4,9-10H2,1-3H3. The molecule has 4 nitrogen and oxygen atoms in total. The summed E-state index contributed by atoms with van der Waals surface area (Å²) < 4.78 is 7.23. The number of fused-ring (bicyclic) bond motifs is 1. The molecule has 102 valence electrons. The molecular weight excluding hydrogens is 240 g/mol. The first kappa shape index (κ1) is 13.7. The second kappa shape index (κ2) is 5.97. The summed E-state index contributed by atoms with van der Waals surface area (Å²) in [5.74, 6) is 1.01. The summed E-state index contributed by atoms with van der Waals surface area (Å²) in [4.78, 5) is 16.6. The maximum Gasteiger partial charge on any atom is 0.142 e.